The van der Waals surface area contributed by atoms with Gasteiger partial charge in [-0.3, -0.25) is 4.79 Å². The van der Waals surface area contributed by atoms with Crippen LogP contribution in [0.3, 0.4) is 0 Å². The number of rotatable bonds is 9. The van der Waals surface area contributed by atoms with Crippen LogP contribution < -0.4 is 10.1 Å². The molecule has 0 saturated carbocycles. The Hall–Kier alpha value is -2.51. The van der Waals surface area contributed by atoms with Crippen molar-refractivity contribution in [1.29, 1.82) is 0 Å². The number of hydrogen-bond acceptors (Lipinski definition) is 7. The second kappa shape index (κ2) is 11.9. The average molecular weight is 552 g/mol. The Balaban J connectivity index is 1.34. The number of carbonyl (C=O) groups is 1. The Morgan fingerprint density at radius 2 is 1.51 bits per heavy atom. The van der Waals surface area contributed by atoms with Crippen molar-refractivity contribution >= 4 is 26.0 Å². The number of carbonyl (C=O) groups excluding carboxylic acids is 1. The Kier molecular flexibility index (Phi) is 8.86. The fraction of sp³-hybridized carbons (Fsp3) is 0.480. The summed E-state index contributed by atoms with van der Waals surface area (Å²) < 4.78 is 65.2. The zero-order valence-electron chi connectivity index (χ0n) is 20.8. The monoisotopic (exact) mass is 551 g/mol. The molecule has 2 aliphatic heterocycles. The molecule has 1 N–H and O–H groups in total. The summed E-state index contributed by atoms with van der Waals surface area (Å²) >= 11 is 0. The molecule has 0 bridgehead atoms. The summed E-state index contributed by atoms with van der Waals surface area (Å²) in [6.07, 6.45) is 1.18. The molecule has 0 radical (unpaired) electrons. The van der Waals surface area contributed by atoms with E-state index in [9.17, 15) is 21.6 Å². The maximum Gasteiger partial charge on any atom is 0.243 e. The number of morpholine rings is 1. The summed E-state index contributed by atoms with van der Waals surface area (Å²) in [4.78, 5) is 13.2. The maximum atomic E-state index is 13.1. The lowest BCUT2D eigenvalue weighted by molar-refractivity contribution is -0.126. The van der Waals surface area contributed by atoms with Crippen molar-refractivity contribution < 1.29 is 31.1 Å². The first-order chi connectivity index (χ1) is 17.7. The number of ether oxygens (including phenoxy) is 2. The number of benzene rings is 2. The van der Waals surface area contributed by atoms with Crippen LogP contribution in [0.4, 0.5) is 0 Å². The standard InChI is InChI=1S/C25H33N3O7S2/c1-2-35-22-7-11-24(12-8-22)37(32,33)28-13-3-4-21(19-28)25(29)26-18-20-5-9-23(10-6-20)36(30,31)27-14-16-34-17-15-27/h5-12,21H,2-4,13-19H2,1H3,(H,26,29)/t21-/m1/s1. The summed E-state index contributed by atoms with van der Waals surface area (Å²) in [5.74, 6) is -0.0899. The van der Waals surface area contributed by atoms with E-state index in [1.54, 1.807) is 24.3 Å². The molecule has 1 atom stereocenters. The Morgan fingerprint density at radius 1 is 0.919 bits per heavy atom. The van der Waals surface area contributed by atoms with Gasteiger partial charge in [0.2, 0.25) is 26.0 Å². The van der Waals surface area contributed by atoms with Crippen molar-refractivity contribution in [2.45, 2.75) is 36.1 Å². The van der Waals surface area contributed by atoms with E-state index in [1.165, 1.54) is 32.9 Å². The molecular weight excluding hydrogens is 518 g/mol. The SMILES string of the molecule is CCOc1ccc(S(=O)(=O)N2CCC[C@@H](C(=O)NCc3ccc(S(=O)(=O)N4CCOCC4)cc3)C2)cc1. The van der Waals surface area contributed by atoms with E-state index in [2.05, 4.69) is 5.32 Å². The Bertz CT molecular complexity index is 1270. The van der Waals surface area contributed by atoms with Gasteiger partial charge in [0.15, 0.2) is 0 Å². The molecule has 0 aliphatic carbocycles. The molecule has 12 heteroatoms. The average Bonchev–Trinajstić information content (AvgIpc) is 2.93. The minimum atomic E-state index is -3.73. The third kappa shape index (κ3) is 6.50. The molecule has 2 saturated heterocycles. The van der Waals surface area contributed by atoms with Gasteiger partial charge in [0.25, 0.3) is 0 Å². The second-order valence-corrected chi connectivity index (χ2v) is 12.9. The smallest absolute Gasteiger partial charge is 0.243 e. The van der Waals surface area contributed by atoms with Gasteiger partial charge >= 0.3 is 0 Å². The van der Waals surface area contributed by atoms with Gasteiger partial charge in [-0.15, -0.1) is 0 Å². The fourth-order valence-electron chi connectivity index (χ4n) is 4.45. The molecule has 37 heavy (non-hydrogen) atoms. The minimum Gasteiger partial charge on any atom is -0.494 e. The van der Waals surface area contributed by atoms with E-state index in [-0.39, 0.29) is 28.8 Å². The summed E-state index contributed by atoms with van der Waals surface area (Å²) in [7, 11) is -7.31. The predicted molar refractivity (Wildman–Crippen MR) is 137 cm³/mol. The normalized spacial score (nSPS) is 19.9. The largest absolute Gasteiger partial charge is 0.494 e. The van der Waals surface area contributed by atoms with Crippen molar-refractivity contribution in [3.63, 3.8) is 0 Å². The lowest BCUT2D eigenvalue weighted by Crippen LogP contribution is -2.45. The van der Waals surface area contributed by atoms with E-state index in [4.69, 9.17) is 9.47 Å². The lowest BCUT2D eigenvalue weighted by Gasteiger charge is -2.31. The van der Waals surface area contributed by atoms with Crippen LogP contribution in [0.25, 0.3) is 0 Å². The highest BCUT2D eigenvalue weighted by Gasteiger charge is 2.33. The van der Waals surface area contributed by atoms with E-state index >= 15 is 0 Å². The van der Waals surface area contributed by atoms with Crippen LogP contribution in [-0.2, 0) is 36.1 Å². The Morgan fingerprint density at radius 3 is 2.14 bits per heavy atom. The molecule has 2 fully saturated rings. The van der Waals surface area contributed by atoms with Crippen LogP contribution in [0.2, 0.25) is 0 Å². The van der Waals surface area contributed by atoms with Gasteiger partial charge in [-0.2, -0.15) is 8.61 Å². The van der Waals surface area contributed by atoms with Crippen LogP contribution in [0, 0.1) is 5.92 Å². The summed E-state index contributed by atoms with van der Waals surface area (Å²) in [5, 5.41) is 2.87. The highest BCUT2D eigenvalue weighted by molar-refractivity contribution is 7.89. The van der Waals surface area contributed by atoms with Gasteiger partial charge < -0.3 is 14.8 Å². The molecule has 2 aliphatic rings. The molecule has 0 aromatic heterocycles. The Labute approximate surface area is 218 Å². The van der Waals surface area contributed by atoms with Gasteiger partial charge in [-0.1, -0.05) is 12.1 Å². The van der Waals surface area contributed by atoms with Gasteiger partial charge in [0, 0.05) is 32.7 Å². The number of nitrogens with one attached hydrogen (secondary N) is 1. The zero-order valence-corrected chi connectivity index (χ0v) is 22.5. The molecule has 4 rings (SSSR count). The van der Waals surface area contributed by atoms with Crippen LogP contribution in [-0.4, -0.2) is 77.4 Å². The minimum absolute atomic E-state index is 0.109. The van der Waals surface area contributed by atoms with Crippen molar-refractivity contribution in [3.05, 3.63) is 54.1 Å². The van der Waals surface area contributed by atoms with Crippen molar-refractivity contribution in [2.24, 2.45) is 5.92 Å². The topological polar surface area (TPSA) is 122 Å². The van der Waals surface area contributed by atoms with Crippen molar-refractivity contribution in [1.82, 2.24) is 13.9 Å². The molecule has 2 aromatic carbocycles. The highest BCUT2D eigenvalue weighted by atomic mass is 32.2. The van der Waals surface area contributed by atoms with Crippen molar-refractivity contribution in [2.75, 3.05) is 46.0 Å². The predicted octanol–water partition coefficient (Wildman–Crippen LogP) is 1.82. The number of nitrogens with zero attached hydrogens (tertiary/aromatic N) is 2. The highest BCUT2D eigenvalue weighted by Crippen LogP contribution is 2.25. The summed E-state index contributed by atoms with van der Waals surface area (Å²) in [6, 6.07) is 12.7. The summed E-state index contributed by atoms with van der Waals surface area (Å²) in [5.41, 5.74) is 0.754. The first kappa shape index (κ1) is 27.5. The molecule has 2 heterocycles. The van der Waals surface area contributed by atoms with Crippen LogP contribution in [0.5, 0.6) is 5.75 Å². The lowest BCUT2D eigenvalue weighted by atomic mass is 9.99. The molecule has 10 nitrogen and oxygen atoms in total. The quantitative estimate of drug-likeness (QED) is 0.505. The molecule has 2 aromatic rings. The molecule has 0 spiro atoms. The van der Waals surface area contributed by atoms with Gasteiger partial charge in [0.1, 0.15) is 5.75 Å². The first-order valence-electron chi connectivity index (χ1n) is 12.4. The second-order valence-electron chi connectivity index (χ2n) is 8.98. The van der Waals surface area contributed by atoms with Gasteiger partial charge in [-0.25, -0.2) is 16.8 Å². The van der Waals surface area contributed by atoms with Gasteiger partial charge in [-0.05, 0) is 61.7 Å². The summed E-state index contributed by atoms with van der Waals surface area (Å²) in [6.45, 7) is 4.45. The van der Waals surface area contributed by atoms with Crippen LogP contribution >= 0.6 is 0 Å². The number of sulfonamides is 2. The first-order valence-corrected chi connectivity index (χ1v) is 15.3. The number of hydrogen-bond donors (Lipinski definition) is 1. The zero-order chi connectivity index (χ0) is 26.5. The maximum absolute atomic E-state index is 13.1. The van der Waals surface area contributed by atoms with Crippen molar-refractivity contribution in [3.8, 4) is 5.75 Å². The van der Waals surface area contributed by atoms with E-state index in [1.807, 2.05) is 6.92 Å². The third-order valence-electron chi connectivity index (χ3n) is 6.53. The molecule has 202 valence electrons. The third-order valence-corrected chi connectivity index (χ3v) is 10.3. The van der Waals surface area contributed by atoms with Gasteiger partial charge in [0.05, 0.1) is 35.5 Å². The van der Waals surface area contributed by atoms with E-state index in [0.717, 1.165) is 5.56 Å². The molecule has 1 amide bonds. The molecular formula is C25H33N3O7S2. The number of amides is 1. The van der Waals surface area contributed by atoms with Crippen LogP contribution in [0.1, 0.15) is 25.3 Å². The van der Waals surface area contributed by atoms with E-state index in [0.29, 0.717) is 58.0 Å². The molecule has 0 unspecified atom stereocenters. The van der Waals surface area contributed by atoms with Crippen LogP contribution in [0.15, 0.2) is 58.3 Å². The fourth-order valence-corrected chi connectivity index (χ4v) is 7.38. The number of piperidine rings is 1. The van der Waals surface area contributed by atoms with E-state index < -0.39 is 26.0 Å².